The minimum Gasteiger partial charge on any atom is -0.383 e. The molecule has 5 nitrogen and oxygen atoms in total. The first-order valence-corrected chi connectivity index (χ1v) is 5.69. The maximum Gasteiger partial charge on any atom is 0.309 e. The van der Waals surface area contributed by atoms with Crippen molar-refractivity contribution in [2.75, 3.05) is 20.3 Å². The minimum atomic E-state index is -0.631. The second-order valence-corrected chi connectivity index (χ2v) is 4.04. The average Bonchev–Trinajstić information content (AvgIpc) is 2.79. The average molecular weight is 242 g/mol. The van der Waals surface area contributed by atoms with Crippen molar-refractivity contribution in [3.05, 3.63) is 22.4 Å². The Morgan fingerprint density at radius 2 is 2.12 bits per heavy atom. The number of rotatable bonds is 5. The number of thiophene rings is 1. The Morgan fingerprint density at radius 1 is 1.38 bits per heavy atom. The molecule has 6 heteroatoms. The number of carbonyl (C=O) groups is 2. The quantitative estimate of drug-likeness (QED) is 0.569. The Morgan fingerprint density at radius 3 is 2.75 bits per heavy atom. The minimum absolute atomic E-state index is 0.335. The van der Waals surface area contributed by atoms with E-state index < -0.39 is 11.8 Å². The molecule has 0 atom stereocenters. The summed E-state index contributed by atoms with van der Waals surface area (Å²) in [5, 5.41) is 6.89. The largest absolute Gasteiger partial charge is 0.383 e. The van der Waals surface area contributed by atoms with Gasteiger partial charge in [-0.15, -0.1) is 11.3 Å². The molecule has 1 aromatic heterocycles. The maximum absolute atomic E-state index is 11.3. The van der Waals surface area contributed by atoms with Gasteiger partial charge in [-0.1, -0.05) is 6.07 Å². The maximum atomic E-state index is 11.3. The van der Waals surface area contributed by atoms with Gasteiger partial charge >= 0.3 is 11.8 Å². The summed E-state index contributed by atoms with van der Waals surface area (Å²) in [5.41, 5.74) is 0. The highest BCUT2D eigenvalue weighted by Gasteiger charge is 2.11. The molecule has 2 N–H and O–H groups in total. The lowest BCUT2D eigenvalue weighted by molar-refractivity contribution is -0.139. The van der Waals surface area contributed by atoms with E-state index >= 15 is 0 Å². The Hall–Kier alpha value is -1.40. The monoisotopic (exact) mass is 242 g/mol. The van der Waals surface area contributed by atoms with E-state index in [1.54, 1.807) is 0 Å². The summed E-state index contributed by atoms with van der Waals surface area (Å²) in [5.74, 6) is -1.25. The van der Waals surface area contributed by atoms with Gasteiger partial charge in [0, 0.05) is 18.5 Å². The molecule has 0 radical (unpaired) electrons. The molecule has 0 saturated heterocycles. The molecule has 0 fully saturated rings. The number of carbonyl (C=O) groups excluding carboxylic acids is 2. The van der Waals surface area contributed by atoms with Crippen LogP contribution in [0.4, 0.5) is 0 Å². The van der Waals surface area contributed by atoms with Crippen LogP contribution in [0.1, 0.15) is 4.88 Å². The Bertz CT molecular complexity index is 338. The molecule has 0 spiro atoms. The second-order valence-electron chi connectivity index (χ2n) is 3.01. The molecule has 0 unspecified atom stereocenters. The zero-order chi connectivity index (χ0) is 11.8. The van der Waals surface area contributed by atoms with Crippen LogP contribution >= 0.6 is 11.3 Å². The van der Waals surface area contributed by atoms with Crippen LogP contribution < -0.4 is 10.6 Å². The van der Waals surface area contributed by atoms with Crippen LogP contribution in [0.3, 0.4) is 0 Å². The molecular weight excluding hydrogens is 228 g/mol. The van der Waals surface area contributed by atoms with E-state index in [0.717, 1.165) is 4.88 Å². The van der Waals surface area contributed by atoms with Gasteiger partial charge in [-0.05, 0) is 11.4 Å². The van der Waals surface area contributed by atoms with Crippen LogP contribution in [0, 0.1) is 0 Å². The van der Waals surface area contributed by atoms with Crippen LogP contribution in [0.2, 0.25) is 0 Å². The molecular formula is C10H14N2O3S. The third-order valence-electron chi connectivity index (χ3n) is 1.80. The van der Waals surface area contributed by atoms with Gasteiger partial charge in [-0.2, -0.15) is 0 Å². The first-order valence-electron chi connectivity index (χ1n) is 4.81. The van der Waals surface area contributed by atoms with Crippen molar-refractivity contribution in [2.45, 2.75) is 6.54 Å². The fraction of sp³-hybridized carbons (Fsp3) is 0.400. The number of amides is 2. The first kappa shape index (κ1) is 12.7. The lowest BCUT2D eigenvalue weighted by atomic mass is 10.4. The Balaban J connectivity index is 2.21. The first-order chi connectivity index (χ1) is 7.74. The summed E-state index contributed by atoms with van der Waals surface area (Å²) >= 11 is 1.53. The highest BCUT2D eigenvalue weighted by atomic mass is 32.1. The Kier molecular flexibility index (Phi) is 5.52. The van der Waals surface area contributed by atoms with Crippen molar-refractivity contribution in [3.8, 4) is 0 Å². The molecule has 0 bridgehead atoms. The molecule has 0 saturated carbocycles. The predicted molar refractivity (Wildman–Crippen MR) is 61.1 cm³/mol. The van der Waals surface area contributed by atoms with E-state index in [9.17, 15) is 9.59 Å². The van der Waals surface area contributed by atoms with Crippen molar-refractivity contribution >= 4 is 23.2 Å². The smallest absolute Gasteiger partial charge is 0.309 e. The van der Waals surface area contributed by atoms with Crippen LogP contribution in [0.5, 0.6) is 0 Å². The van der Waals surface area contributed by atoms with Gasteiger partial charge in [0.15, 0.2) is 0 Å². The van der Waals surface area contributed by atoms with Gasteiger partial charge in [0.1, 0.15) is 0 Å². The zero-order valence-electron chi connectivity index (χ0n) is 8.99. The van der Waals surface area contributed by atoms with Crippen LogP contribution in [-0.2, 0) is 20.9 Å². The van der Waals surface area contributed by atoms with Crippen molar-refractivity contribution in [1.29, 1.82) is 0 Å². The van der Waals surface area contributed by atoms with Crippen LogP contribution in [-0.4, -0.2) is 32.1 Å². The molecule has 0 aromatic carbocycles. The summed E-state index contributed by atoms with van der Waals surface area (Å²) in [6.45, 7) is 1.11. The van der Waals surface area contributed by atoms with Crippen molar-refractivity contribution in [2.24, 2.45) is 0 Å². The van der Waals surface area contributed by atoms with E-state index in [1.807, 2.05) is 17.5 Å². The number of ether oxygens (including phenoxy) is 1. The number of hydrogen-bond donors (Lipinski definition) is 2. The van der Waals surface area contributed by atoms with E-state index in [4.69, 9.17) is 4.74 Å². The molecule has 0 aliphatic heterocycles. The standard InChI is InChI=1S/C10H14N2O3S/c1-15-5-4-11-9(13)10(14)12-7-8-3-2-6-16-8/h2-3,6H,4-5,7H2,1H3,(H,11,13)(H,12,14). The third kappa shape index (κ3) is 4.41. The summed E-state index contributed by atoms with van der Waals surface area (Å²) in [4.78, 5) is 23.5. The van der Waals surface area contributed by atoms with Crippen LogP contribution in [0.15, 0.2) is 17.5 Å². The van der Waals surface area contributed by atoms with Gasteiger partial charge in [0.05, 0.1) is 13.2 Å². The highest BCUT2D eigenvalue weighted by molar-refractivity contribution is 7.09. The van der Waals surface area contributed by atoms with Crippen molar-refractivity contribution in [1.82, 2.24) is 10.6 Å². The van der Waals surface area contributed by atoms with E-state index in [0.29, 0.717) is 19.7 Å². The number of nitrogens with one attached hydrogen (secondary N) is 2. The third-order valence-corrected chi connectivity index (χ3v) is 2.68. The van der Waals surface area contributed by atoms with Gasteiger partial charge in [-0.3, -0.25) is 9.59 Å². The molecule has 1 heterocycles. The topological polar surface area (TPSA) is 67.4 Å². The summed E-state index contributed by atoms with van der Waals surface area (Å²) in [7, 11) is 1.53. The number of hydrogen-bond acceptors (Lipinski definition) is 4. The van der Waals surface area contributed by atoms with Gasteiger partial charge in [0.2, 0.25) is 0 Å². The van der Waals surface area contributed by atoms with Crippen molar-refractivity contribution < 1.29 is 14.3 Å². The number of methoxy groups -OCH3 is 1. The molecule has 2 amide bonds. The molecule has 88 valence electrons. The lowest BCUT2D eigenvalue weighted by Gasteiger charge is -2.04. The summed E-state index contributed by atoms with van der Waals surface area (Å²) < 4.78 is 4.75. The van der Waals surface area contributed by atoms with Gasteiger partial charge < -0.3 is 15.4 Å². The summed E-state index contributed by atoms with van der Waals surface area (Å²) in [6, 6.07) is 3.79. The summed E-state index contributed by atoms with van der Waals surface area (Å²) in [6.07, 6.45) is 0. The zero-order valence-corrected chi connectivity index (χ0v) is 9.80. The molecule has 1 rings (SSSR count). The van der Waals surface area contributed by atoms with Crippen molar-refractivity contribution in [3.63, 3.8) is 0 Å². The normalized spacial score (nSPS) is 9.81. The Labute approximate surface area is 97.8 Å². The molecule has 1 aromatic rings. The SMILES string of the molecule is COCCNC(=O)C(=O)NCc1cccs1. The fourth-order valence-electron chi connectivity index (χ4n) is 1.01. The fourth-order valence-corrected chi connectivity index (χ4v) is 1.65. The highest BCUT2D eigenvalue weighted by Crippen LogP contribution is 2.06. The van der Waals surface area contributed by atoms with E-state index in [1.165, 1.54) is 18.4 Å². The molecule has 16 heavy (non-hydrogen) atoms. The van der Waals surface area contributed by atoms with E-state index in [2.05, 4.69) is 10.6 Å². The lowest BCUT2D eigenvalue weighted by Crippen LogP contribution is -2.40. The van der Waals surface area contributed by atoms with Crippen LogP contribution in [0.25, 0.3) is 0 Å². The van der Waals surface area contributed by atoms with Gasteiger partial charge in [0.25, 0.3) is 0 Å². The van der Waals surface area contributed by atoms with E-state index in [-0.39, 0.29) is 0 Å². The molecule has 0 aliphatic rings. The predicted octanol–water partition coefficient (Wildman–Crippen LogP) is 0.127. The van der Waals surface area contributed by atoms with Gasteiger partial charge in [-0.25, -0.2) is 0 Å². The second kappa shape index (κ2) is 6.97. The molecule has 0 aliphatic carbocycles.